The molecule has 4 nitrogen and oxygen atoms in total. The lowest BCUT2D eigenvalue weighted by Gasteiger charge is -2.10. The number of hydrogen-bond donors (Lipinski definition) is 1. The molecule has 0 amide bonds. The van der Waals surface area contributed by atoms with Gasteiger partial charge in [0.1, 0.15) is 0 Å². The SMILES string of the molecule is CCC(C)OC(=O)CSc1ccc(CC(=O)O)cc1. The fourth-order valence-corrected chi connectivity index (χ4v) is 2.04. The minimum atomic E-state index is -0.850. The summed E-state index contributed by atoms with van der Waals surface area (Å²) in [6, 6.07) is 7.16. The van der Waals surface area contributed by atoms with Crippen molar-refractivity contribution in [3.05, 3.63) is 29.8 Å². The van der Waals surface area contributed by atoms with Crippen LogP contribution in [0.4, 0.5) is 0 Å². The second-order valence-electron chi connectivity index (χ2n) is 4.21. The number of ether oxygens (including phenoxy) is 1. The Kier molecular flexibility index (Phi) is 6.42. The van der Waals surface area contributed by atoms with Crippen molar-refractivity contribution in [2.75, 3.05) is 5.75 Å². The van der Waals surface area contributed by atoms with Crippen LogP contribution in [0.2, 0.25) is 0 Å². The van der Waals surface area contributed by atoms with Gasteiger partial charge in [-0.15, -0.1) is 11.8 Å². The van der Waals surface area contributed by atoms with Crippen LogP contribution >= 0.6 is 11.8 Å². The minimum absolute atomic E-state index is 0.0149. The van der Waals surface area contributed by atoms with Gasteiger partial charge in [0.05, 0.1) is 18.3 Å². The Morgan fingerprint density at radius 2 is 1.95 bits per heavy atom. The van der Waals surface area contributed by atoms with Gasteiger partial charge in [0, 0.05) is 4.90 Å². The van der Waals surface area contributed by atoms with E-state index in [-0.39, 0.29) is 24.2 Å². The molecule has 0 saturated heterocycles. The van der Waals surface area contributed by atoms with Gasteiger partial charge in [0.25, 0.3) is 0 Å². The van der Waals surface area contributed by atoms with E-state index in [9.17, 15) is 9.59 Å². The van der Waals surface area contributed by atoms with Crippen molar-refractivity contribution >= 4 is 23.7 Å². The molecular weight excluding hydrogens is 264 g/mol. The maximum Gasteiger partial charge on any atom is 0.316 e. The van der Waals surface area contributed by atoms with Gasteiger partial charge in [-0.2, -0.15) is 0 Å². The average molecular weight is 282 g/mol. The first-order chi connectivity index (χ1) is 9.01. The van der Waals surface area contributed by atoms with E-state index in [1.54, 1.807) is 12.1 Å². The number of thioether (sulfide) groups is 1. The predicted molar refractivity (Wildman–Crippen MR) is 74.4 cm³/mol. The number of carboxylic acids is 1. The number of hydrogen-bond acceptors (Lipinski definition) is 4. The van der Waals surface area contributed by atoms with Crippen molar-refractivity contribution in [1.29, 1.82) is 0 Å². The summed E-state index contributed by atoms with van der Waals surface area (Å²) < 4.78 is 5.16. The first kappa shape index (κ1) is 15.6. The zero-order chi connectivity index (χ0) is 14.3. The molecule has 5 heteroatoms. The maximum absolute atomic E-state index is 11.5. The fourth-order valence-electron chi connectivity index (χ4n) is 1.36. The molecule has 1 aromatic rings. The quantitative estimate of drug-likeness (QED) is 0.615. The van der Waals surface area contributed by atoms with Crippen LogP contribution in [0.1, 0.15) is 25.8 Å². The molecule has 0 aliphatic carbocycles. The molecule has 0 heterocycles. The molecule has 0 aromatic heterocycles. The Morgan fingerprint density at radius 3 is 2.47 bits per heavy atom. The topological polar surface area (TPSA) is 63.6 Å². The molecule has 0 radical (unpaired) electrons. The molecular formula is C14H18O4S. The summed E-state index contributed by atoms with van der Waals surface area (Å²) in [6.45, 7) is 3.83. The molecule has 1 N–H and O–H groups in total. The number of aliphatic carboxylic acids is 1. The highest BCUT2D eigenvalue weighted by atomic mass is 32.2. The van der Waals surface area contributed by atoms with E-state index < -0.39 is 5.97 Å². The largest absolute Gasteiger partial charge is 0.481 e. The molecule has 0 bridgehead atoms. The van der Waals surface area contributed by atoms with Crippen LogP contribution in [-0.2, 0) is 20.7 Å². The lowest BCUT2D eigenvalue weighted by molar-refractivity contribution is -0.145. The summed E-state index contributed by atoms with van der Waals surface area (Å²) in [5.41, 5.74) is 0.749. The Bertz CT molecular complexity index is 428. The van der Waals surface area contributed by atoms with Gasteiger partial charge in [0.2, 0.25) is 0 Å². The summed E-state index contributed by atoms with van der Waals surface area (Å²) in [6.07, 6.45) is 0.771. The molecule has 0 fully saturated rings. The lowest BCUT2D eigenvalue weighted by Crippen LogP contribution is -2.15. The van der Waals surface area contributed by atoms with Crippen LogP contribution in [0.5, 0.6) is 0 Å². The van der Waals surface area contributed by atoms with Crippen molar-refractivity contribution in [2.45, 2.75) is 37.7 Å². The first-order valence-electron chi connectivity index (χ1n) is 6.14. The molecule has 0 aliphatic rings. The molecule has 19 heavy (non-hydrogen) atoms. The third-order valence-corrected chi connectivity index (χ3v) is 3.53. The van der Waals surface area contributed by atoms with Crippen LogP contribution in [0.15, 0.2) is 29.2 Å². The summed E-state index contributed by atoms with van der Waals surface area (Å²) in [7, 11) is 0. The van der Waals surface area contributed by atoms with Gasteiger partial charge >= 0.3 is 11.9 Å². The van der Waals surface area contributed by atoms with Gasteiger partial charge in [-0.05, 0) is 31.0 Å². The number of esters is 1. The summed E-state index contributed by atoms with van der Waals surface area (Å²) in [5, 5.41) is 8.65. The summed E-state index contributed by atoms with van der Waals surface area (Å²) in [4.78, 5) is 22.9. The Hall–Kier alpha value is -1.49. The van der Waals surface area contributed by atoms with Gasteiger partial charge in [0.15, 0.2) is 0 Å². The number of carboxylic acid groups (broad SMARTS) is 1. The molecule has 0 aliphatic heterocycles. The van der Waals surface area contributed by atoms with Crippen molar-refractivity contribution in [2.24, 2.45) is 0 Å². The highest BCUT2D eigenvalue weighted by Gasteiger charge is 2.08. The van der Waals surface area contributed by atoms with Crippen LogP contribution in [0, 0.1) is 0 Å². The number of benzene rings is 1. The van der Waals surface area contributed by atoms with Crippen LogP contribution in [0.25, 0.3) is 0 Å². The van der Waals surface area contributed by atoms with Crippen LogP contribution in [0.3, 0.4) is 0 Å². The zero-order valence-electron chi connectivity index (χ0n) is 11.1. The lowest BCUT2D eigenvalue weighted by atomic mass is 10.2. The first-order valence-corrected chi connectivity index (χ1v) is 7.12. The molecule has 0 spiro atoms. The van der Waals surface area contributed by atoms with Crippen molar-refractivity contribution in [1.82, 2.24) is 0 Å². The molecule has 104 valence electrons. The highest BCUT2D eigenvalue weighted by molar-refractivity contribution is 8.00. The summed E-state index contributed by atoms with van der Waals surface area (Å²) >= 11 is 1.39. The number of carbonyl (C=O) groups excluding carboxylic acids is 1. The van der Waals surface area contributed by atoms with Crippen molar-refractivity contribution < 1.29 is 19.4 Å². The van der Waals surface area contributed by atoms with E-state index in [1.807, 2.05) is 26.0 Å². The van der Waals surface area contributed by atoms with E-state index in [1.165, 1.54) is 11.8 Å². The van der Waals surface area contributed by atoms with E-state index in [0.717, 1.165) is 16.9 Å². The number of rotatable bonds is 7. The zero-order valence-corrected chi connectivity index (χ0v) is 11.9. The molecule has 1 atom stereocenters. The molecule has 1 aromatic carbocycles. The van der Waals surface area contributed by atoms with E-state index in [4.69, 9.17) is 9.84 Å². The Balaban J connectivity index is 2.41. The van der Waals surface area contributed by atoms with Gasteiger partial charge in [-0.25, -0.2) is 0 Å². The standard InChI is InChI=1S/C14H18O4S/c1-3-10(2)18-14(17)9-19-12-6-4-11(5-7-12)8-13(15)16/h4-7,10H,3,8-9H2,1-2H3,(H,15,16). The van der Waals surface area contributed by atoms with Gasteiger partial charge in [-0.1, -0.05) is 19.1 Å². The van der Waals surface area contributed by atoms with E-state index >= 15 is 0 Å². The second kappa shape index (κ2) is 7.84. The van der Waals surface area contributed by atoms with Gasteiger partial charge in [-0.3, -0.25) is 9.59 Å². The van der Waals surface area contributed by atoms with E-state index in [2.05, 4.69) is 0 Å². The smallest absolute Gasteiger partial charge is 0.316 e. The summed E-state index contributed by atoms with van der Waals surface area (Å²) in [5.74, 6) is -0.811. The predicted octanol–water partition coefficient (Wildman–Crippen LogP) is 2.75. The average Bonchev–Trinajstić information content (AvgIpc) is 2.37. The highest BCUT2D eigenvalue weighted by Crippen LogP contribution is 2.19. The molecule has 1 unspecified atom stereocenters. The maximum atomic E-state index is 11.5. The Morgan fingerprint density at radius 1 is 1.32 bits per heavy atom. The van der Waals surface area contributed by atoms with Crippen LogP contribution in [-0.4, -0.2) is 28.9 Å². The minimum Gasteiger partial charge on any atom is -0.481 e. The fraction of sp³-hybridized carbons (Fsp3) is 0.429. The Labute approximate surface area is 117 Å². The normalized spacial score (nSPS) is 11.9. The number of carbonyl (C=O) groups is 2. The monoisotopic (exact) mass is 282 g/mol. The van der Waals surface area contributed by atoms with Crippen molar-refractivity contribution in [3.63, 3.8) is 0 Å². The van der Waals surface area contributed by atoms with Gasteiger partial charge < -0.3 is 9.84 Å². The third-order valence-electron chi connectivity index (χ3n) is 2.54. The molecule has 0 saturated carbocycles. The van der Waals surface area contributed by atoms with Crippen molar-refractivity contribution in [3.8, 4) is 0 Å². The van der Waals surface area contributed by atoms with Crippen LogP contribution < -0.4 is 0 Å². The second-order valence-corrected chi connectivity index (χ2v) is 5.26. The molecule has 1 rings (SSSR count). The third kappa shape index (κ3) is 6.29. The van der Waals surface area contributed by atoms with E-state index in [0.29, 0.717) is 0 Å².